The monoisotopic (exact) mass is 448 g/mol. The van der Waals surface area contributed by atoms with Gasteiger partial charge in [0.15, 0.2) is 0 Å². The second-order valence-electron chi connectivity index (χ2n) is 6.99. The number of halogens is 5. The van der Waals surface area contributed by atoms with Crippen molar-refractivity contribution < 1.29 is 31.9 Å². The normalized spacial score (nSPS) is 11.8. The summed E-state index contributed by atoms with van der Waals surface area (Å²) in [6.07, 6.45) is -3.43. The van der Waals surface area contributed by atoms with Crippen LogP contribution in [0.2, 0.25) is 0 Å². The van der Waals surface area contributed by atoms with Crippen LogP contribution in [-0.4, -0.2) is 20.6 Å². The first-order chi connectivity index (χ1) is 15.1. The molecule has 32 heavy (non-hydrogen) atoms. The fraction of sp³-hybridized carbons (Fsp3) is 0.0909. The van der Waals surface area contributed by atoms with Crippen molar-refractivity contribution in [2.75, 3.05) is 0 Å². The number of fused-ring (bicyclic) bond motifs is 1. The lowest BCUT2D eigenvalue weighted by atomic mass is 10.0. The number of rotatable bonds is 4. The van der Waals surface area contributed by atoms with Gasteiger partial charge in [-0.25, -0.2) is 13.6 Å². The number of benzene rings is 2. The number of alkyl halides is 3. The predicted octanol–water partition coefficient (Wildman–Crippen LogP) is 5.04. The van der Waals surface area contributed by atoms with E-state index in [1.807, 2.05) is 0 Å². The third-order valence-corrected chi connectivity index (χ3v) is 5.02. The van der Waals surface area contributed by atoms with Crippen molar-refractivity contribution in [2.24, 2.45) is 0 Å². The Kier molecular flexibility index (Phi) is 5.08. The molecule has 2 heterocycles. The second-order valence-corrected chi connectivity index (χ2v) is 6.99. The molecule has 0 spiro atoms. The Morgan fingerprint density at radius 3 is 2.44 bits per heavy atom. The molecule has 0 atom stereocenters. The van der Waals surface area contributed by atoms with E-state index in [-0.39, 0.29) is 27.6 Å². The SMILES string of the molecule is O=C(O)c1c(-c2ccc[nH]c2=O)c2cc(C(F)(F)F)ccc2n1Cc1ccc(F)cc1F. The van der Waals surface area contributed by atoms with Crippen LogP contribution in [0.25, 0.3) is 22.0 Å². The van der Waals surface area contributed by atoms with Crippen LogP contribution in [0.15, 0.2) is 59.5 Å². The summed E-state index contributed by atoms with van der Waals surface area (Å²) in [4.78, 5) is 27.0. The number of nitrogens with one attached hydrogen (secondary N) is 1. The molecule has 0 amide bonds. The van der Waals surface area contributed by atoms with Gasteiger partial charge in [0.25, 0.3) is 5.56 Å². The maximum atomic E-state index is 14.3. The molecule has 2 aromatic heterocycles. The highest BCUT2D eigenvalue weighted by Crippen LogP contribution is 2.38. The zero-order valence-corrected chi connectivity index (χ0v) is 16.0. The molecule has 5 nitrogen and oxygen atoms in total. The van der Waals surface area contributed by atoms with Gasteiger partial charge in [0.2, 0.25) is 0 Å². The van der Waals surface area contributed by atoms with Gasteiger partial charge in [0, 0.05) is 39.9 Å². The highest BCUT2D eigenvalue weighted by atomic mass is 19.4. The third-order valence-electron chi connectivity index (χ3n) is 5.02. The zero-order valence-electron chi connectivity index (χ0n) is 16.0. The number of carboxylic acid groups (broad SMARTS) is 1. The van der Waals surface area contributed by atoms with Gasteiger partial charge < -0.3 is 14.7 Å². The van der Waals surface area contributed by atoms with Crippen LogP contribution in [0, 0.1) is 11.6 Å². The van der Waals surface area contributed by atoms with Crippen molar-refractivity contribution in [3.63, 3.8) is 0 Å². The quantitative estimate of drug-likeness (QED) is 0.430. The van der Waals surface area contributed by atoms with Crippen LogP contribution in [0.5, 0.6) is 0 Å². The van der Waals surface area contributed by atoms with Gasteiger partial charge in [-0.2, -0.15) is 13.2 Å². The van der Waals surface area contributed by atoms with Crippen molar-refractivity contribution in [3.8, 4) is 11.1 Å². The molecule has 164 valence electrons. The first-order valence-electron chi connectivity index (χ1n) is 9.16. The smallest absolute Gasteiger partial charge is 0.416 e. The van der Waals surface area contributed by atoms with Crippen molar-refractivity contribution >= 4 is 16.9 Å². The standard InChI is InChI=1S/C22H13F5N2O3/c23-13-5-3-11(16(24)9-13)10-29-17-6-4-12(22(25,26)27)8-15(17)18(19(29)21(31)32)14-2-1-7-28-20(14)30/h1-9H,10H2,(H,28,30)(H,31,32). The molecule has 0 aliphatic heterocycles. The molecule has 0 fully saturated rings. The molecule has 0 aliphatic carbocycles. The zero-order chi connectivity index (χ0) is 23.2. The van der Waals surface area contributed by atoms with Gasteiger partial charge in [-0.15, -0.1) is 0 Å². The second kappa shape index (κ2) is 7.63. The number of H-pyrrole nitrogens is 1. The molecular formula is C22H13F5N2O3. The summed E-state index contributed by atoms with van der Waals surface area (Å²) in [6, 6.07) is 7.97. The number of nitrogens with zero attached hydrogens (tertiary/aromatic N) is 1. The van der Waals surface area contributed by atoms with Gasteiger partial charge in [0.05, 0.1) is 12.1 Å². The van der Waals surface area contributed by atoms with E-state index in [4.69, 9.17) is 0 Å². The molecule has 2 aromatic carbocycles. The molecule has 4 rings (SSSR count). The Morgan fingerprint density at radius 1 is 1.06 bits per heavy atom. The van der Waals surface area contributed by atoms with Crippen LogP contribution in [0.3, 0.4) is 0 Å². The molecule has 0 bridgehead atoms. The van der Waals surface area contributed by atoms with Crippen molar-refractivity contribution in [1.29, 1.82) is 0 Å². The molecule has 4 aromatic rings. The van der Waals surface area contributed by atoms with Crippen LogP contribution >= 0.6 is 0 Å². The molecule has 2 N–H and O–H groups in total. The summed E-state index contributed by atoms with van der Waals surface area (Å²) in [5, 5.41) is 9.77. The van der Waals surface area contributed by atoms with Crippen LogP contribution < -0.4 is 5.56 Å². The molecule has 0 saturated heterocycles. The molecule has 0 radical (unpaired) electrons. The van der Waals surface area contributed by atoms with Gasteiger partial charge >= 0.3 is 12.1 Å². The summed E-state index contributed by atoms with van der Waals surface area (Å²) in [6.45, 7) is -0.416. The van der Waals surface area contributed by atoms with Crippen LogP contribution in [0.4, 0.5) is 22.0 Å². The van der Waals surface area contributed by atoms with E-state index in [1.165, 1.54) is 18.3 Å². The summed E-state index contributed by atoms with van der Waals surface area (Å²) < 4.78 is 68.7. The Labute approximate surface area is 176 Å². The minimum atomic E-state index is -4.72. The minimum absolute atomic E-state index is 0.0392. The molecule has 0 aliphatic rings. The molecule has 0 saturated carbocycles. The Morgan fingerprint density at radius 2 is 1.81 bits per heavy atom. The fourth-order valence-corrected chi connectivity index (χ4v) is 3.63. The van der Waals surface area contributed by atoms with E-state index in [9.17, 15) is 36.6 Å². The number of hydrogen-bond donors (Lipinski definition) is 2. The van der Waals surface area contributed by atoms with E-state index in [0.717, 1.165) is 34.9 Å². The number of pyridine rings is 1. The lowest BCUT2D eigenvalue weighted by molar-refractivity contribution is -0.137. The van der Waals surface area contributed by atoms with Crippen LogP contribution in [0.1, 0.15) is 21.6 Å². The number of carboxylic acids is 1. The number of aromatic carboxylic acids is 1. The number of aromatic amines is 1. The average Bonchev–Trinajstić information content (AvgIpc) is 3.03. The fourth-order valence-electron chi connectivity index (χ4n) is 3.63. The number of aromatic nitrogens is 2. The first-order valence-corrected chi connectivity index (χ1v) is 9.16. The molecular weight excluding hydrogens is 435 g/mol. The molecule has 10 heteroatoms. The Balaban J connectivity index is 2.09. The van der Waals surface area contributed by atoms with E-state index < -0.39 is 47.1 Å². The average molecular weight is 448 g/mol. The summed E-state index contributed by atoms with van der Waals surface area (Å²) in [7, 11) is 0. The maximum absolute atomic E-state index is 14.3. The highest BCUT2D eigenvalue weighted by Gasteiger charge is 2.33. The van der Waals surface area contributed by atoms with Gasteiger partial charge in [-0.3, -0.25) is 4.79 Å². The van der Waals surface area contributed by atoms with E-state index in [1.54, 1.807) is 0 Å². The Hall–Kier alpha value is -3.95. The van der Waals surface area contributed by atoms with Crippen molar-refractivity contribution in [2.45, 2.75) is 12.7 Å². The van der Waals surface area contributed by atoms with Crippen molar-refractivity contribution in [1.82, 2.24) is 9.55 Å². The number of carbonyl (C=O) groups is 1. The summed E-state index contributed by atoms with van der Waals surface area (Å²) >= 11 is 0. The maximum Gasteiger partial charge on any atom is 0.416 e. The lowest BCUT2D eigenvalue weighted by Gasteiger charge is -2.11. The third kappa shape index (κ3) is 3.64. The lowest BCUT2D eigenvalue weighted by Crippen LogP contribution is -2.14. The number of hydrogen-bond acceptors (Lipinski definition) is 2. The first kappa shape index (κ1) is 21.3. The highest BCUT2D eigenvalue weighted by molar-refractivity contribution is 6.08. The van der Waals surface area contributed by atoms with Crippen molar-refractivity contribution in [3.05, 3.63) is 93.5 Å². The Bertz CT molecular complexity index is 1420. The van der Waals surface area contributed by atoms with E-state index in [2.05, 4.69) is 4.98 Å². The van der Waals surface area contributed by atoms with Gasteiger partial charge in [0.1, 0.15) is 17.3 Å². The minimum Gasteiger partial charge on any atom is -0.477 e. The summed E-state index contributed by atoms with van der Waals surface area (Å²) in [5.74, 6) is -3.32. The van der Waals surface area contributed by atoms with Gasteiger partial charge in [-0.1, -0.05) is 6.07 Å². The predicted molar refractivity (Wildman–Crippen MR) is 105 cm³/mol. The van der Waals surface area contributed by atoms with Crippen LogP contribution in [-0.2, 0) is 12.7 Å². The summed E-state index contributed by atoms with van der Waals surface area (Å²) in [5.41, 5.74) is -2.69. The molecule has 0 unspecified atom stereocenters. The topological polar surface area (TPSA) is 75.1 Å². The van der Waals surface area contributed by atoms with Gasteiger partial charge in [-0.05, 0) is 36.4 Å². The largest absolute Gasteiger partial charge is 0.477 e. The van der Waals surface area contributed by atoms with E-state index >= 15 is 0 Å². The van der Waals surface area contributed by atoms with E-state index in [0.29, 0.717) is 6.07 Å².